The third-order valence-corrected chi connectivity index (χ3v) is 5.87. The lowest BCUT2D eigenvalue weighted by Crippen LogP contribution is -2.29. The van der Waals surface area contributed by atoms with Crippen LogP contribution in [0.5, 0.6) is 0 Å². The van der Waals surface area contributed by atoms with E-state index in [1.54, 1.807) is 24.3 Å². The van der Waals surface area contributed by atoms with Crippen LogP contribution in [-0.2, 0) is 0 Å². The molecule has 0 saturated carbocycles. The highest BCUT2D eigenvalue weighted by Crippen LogP contribution is 2.41. The maximum atomic E-state index is 13.8. The number of benzene rings is 3. The van der Waals surface area contributed by atoms with E-state index in [2.05, 4.69) is 15.9 Å². The van der Waals surface area contributed by atoms with Crippen LogP contribution in [0.2, 0.25) is 5.02 Å². The van der Waals surface area contributed by atoms with Gasteiger partial charge in [-0.05, 0) is 54.1 Å². The molecule has 0 saturated heterocycles. The summed E-state index contributed by atoms with van der Waals surface area (Å²) in [5.74, 6) is -1.05. The van der Waals surface area contributed by atoms with Crippen molar-refractivity contribution < 1.29 is 13.6 Å². The third-order valence-electron chi connectivity index (χ3n) is 5.10. The van der Waals surface area contributed by atoms with E-state index in [9.17, 15) is 14.0 Å². The van der Waals surface area contributed by atoms with E-state index in [1.165, 1.54) is 17.0 Å². The number of carbonyl (C=O) groups is 1. The monoisotopic (exact) mass is 483 g/mol. The number of amides is 1. The summed E-state index contributed by atoms with van der Waals surface area (Å²) in [6.45, 7) is 0. The Bertz CT molecular complexity index is 1380. The predicted octanol–water partition coefficient (Wildman–Crippen LogP) is 6.10. The highest BCUT2D eigenvalue weighted by atomic mass is 79.9. The number of hydrogen-bond acceptors (Lipinski definition) is 3. The summed E-state index contributed by atoms with van der Waals surface area (Å²) in [6.07, 6.45) is 0. The van der Waals surface area contributed by atoms with Crippen molar-refractivity contribution in [3.63, 3.8) is 0 Å². The van der Waals surface area contributed by atoms with Crippen LogP contribution in [-0.4, -0.2) is 5.91 Å². The molecule has 2 heterocycles. The van der Waals surface area contributed by atoms with Gasteiger partial charge in [0.2, 0.25) is 5.76 Å². The Labute approximate surface area is 183 Å². The second-order valence-electron chi connectivity index (χ2n) is 6.92. The largest absolute Gasteiger partial charge is 0.450 e. The minimum Gasteiger partial charge on any atom is -0.450 e. The van der Waals surface area contributed by atoms with E-state index in [4.69, 9.17) is 16.0 Å². The Morgan fingerprint density at radius 1 is 1.00 bits per heavy atom. The van der Waals surface area contributed by atoms with Crippen molar-refractivity contribution in [2.45, 2.75) is 6.04 Å². The van der Waals surface area contributed by atoms with Crippen LogP contribution in [0.15, 0.2) is 80.4 Å². The fraction of sp³-hybridized carbons (Fsp3) is 0.0435. The second kappa shape index (κ2) is 7.07. The molecule has 4 aromatic rings. The number of nitrogens with zero attached hydrogens (tertiary/aromatic N) is 1. The smallest absolute Gasteiger partial charge is 0.295 e. The quantitative estimate of drug-likeness (QED) is 0.345. The van der Waals surface area contributed by atoms with Gasteiger partial charge in [-0.25, -0.2) is 4.39 Å². The number of hydrogen-bond donors (Lipinski definition) is 0. The molecule has 0 spiro atoms. The number of anilines is 1. The lowest BCUT2D eigenvalue weighted by Gasteiger charge is -2.25. The van der Waals surface area contributed by atoms with Crippen molar-refractivity contribution in [1.82, 2.24) is 0 Å². The topological polar surface area (TPSA) is 50.5 Å². The first kappa shape index (κ1) is 19.0. The van der Waals surface area contributed by atoms with Gasteiger partial charge in [0.1, 0.15) is 11.4 Å². The second-order valence-corrected chi connectivity index (χ2v) is 8.28. The van der Waals surface area contributed by atoms with Crippen molar-refractivity contribution in [3.8, 4) is 0 Å². The molecule has 0 bridgehead atoms. The Hall–Kier alpha value is -2.96. The average Bonchev–Trinajstić information content (AvgIpc) is 3.02. The molecule has 5 rings (SSSR count). The van der Waals surface area contributed by atoms with Crippen LogP contribution in [0.3, 0.4) is 0 Å². The molecule has 0 radical (unpaired) electrons. The summed E-state index contributed by atoms with van der Waals surface area (Å²) in [6, 6.07) is 17.1. The Kier molecular flexibility index (Phi) is 4.49. The molecule has 0 N–H and O–H groups in total. The van der Waals surface area contributed by atoms with Crippen LogP contribution in [0.25, 0.3) is 11.0 Å². The Morgan fingerprint density at radius 2 is 1.77 bits per heavy atom. The van der Waals surface area contributed by atoms with E-state index < -0.39 is 23.2 Å². The van der Waals surface area contributed by atoms with Crippen LogP contribution < -0.4 is 10.3 Å². The number of fused-ring (bicyclic) bond motifs is 2. The van der Waals surface area contributed by atoms with Crippen molar-refractivity contribution in [2.75, 3.05) is 4.90 Å². The summed E-state index contributed by atoms with van der Waals surface area (Å²) in [4.78, 5) is 28.2. The number of carbonyl (C=O) groups excluding carboxylic acids is 1. The molecule has 30 heavy (non-hydrogen) atoms. The first-order chi connectivity index (χ1) is 14.4. The molecule has 1 aromatic heterocycles. The zero-order valence-electron chi connectivity index (χ0n) is 15.2. The third kappa shape index (κ3) is 2.95. The van der Waals surface area contributed by atoms with Crippen LogP contribution in [0.4, 0.5) is 10.1 Å². The summed E-state index contributed by atoms with van der Waals surface area (Å²) < 4.78 is 20.5. The molecule has 7 heteroatoms. The number of halogens is 3. The lowest BCUT2D eigenvalue weighted by atomic mass is 9.98. The molecular weight excluding hydrogens is 473 g/mol. The predicted molar refractivity (Wildman–Crippen MR) is 117 cm³/mol. The van der Waals surface area contributed by atoms with Gasteiger partial charge in [-0.15, -0.1) is 0 Å². The fourth-order valence-corrected chi connectivity index (χ4v) is 4.25. The highest BCUT2D eigenvalue weighted by molar-refractivity contribution is 9.10. The van der Waals surface area contributed by atoms with E-state index in [0.29, 0.717) is 16.3 Å². The van der Waals surface area contributed by atoms with Crippen molar-refractivity contribution in [1.29, 1.82) is 0 Å². The maximum absolute atomic E-state index is 13.8. The van der Waals surface area contributed by atoms with E-state index >= 15 is 0 Å². The molecule has 0 fully saturated rings. The Morgan fingerprint density at radius 3 is 2.50 bits per heavy atom. The standard InChI is InChI=1S/C23H12BrClFNO3/c24-13-6-4-12(5-7-13)20-19-21(28)17-11-15(26)8-9-18(17)30-22(19)23(29)27(20)16-3-1-2-14(25)10-16/h1-11,20H. The van der Waals surface area contributed by atoms with E-state index in [-0.39, 0.29) is 22.3 Å². The lowest BCUT2D eigenvalue weighted by molar-refractivity contribution is 0.0971. The van der Waals surface area contributed by atoms with Gasteiger partial charge in [0, 0.05) is 15.2 Å². The van der Waals surface area contributed by atoms with Gasteiger partial charge < -0.3 is 4.42 Å². The molecular formula is C23H12BrClFNO3. The summed E-state index contributed by atoms with van der Waals surface area (Å²) in [5, 5.41) is 0.550. The molecule has 1 atom stereocenters. The average molecular weight is 485 g/mol. The zero-order chi connectivity index (χ0) is 21.0. The van der Waals surface area contributed by atoms with Gasteiger partial charge in [-0.3, -0.25) is 14.5 Å². The van der Waals surface area contributed by atoms with Crippen molar-refractivity contribution >= 4 is 50.1 Å². The molecule has 3 aromatic carbocycles. The van der Waals surface area contributed by atoms with Gasteiger partial charge in [0.15, 0.2) is 5.43 Å². The van der Waals surface area contributed by atoms with E-state index in [0.717, 1.165) is 10.5 Å². The van der Waals surface area contributed by atoms with Gasteiger partial charge in [-0.1, -0.05) is 45.7 Å². The zero-order valence-corrected chi connectivity index (χ0v) is 17.6. The van der Waals surface area contributed by atoms with Gasteiger partial charge in [-0.2, -0.15) is 0 Å². The molecule has 148 valence electrons. The van der Waals surface area contributed by atoms with Crippen LogP contribution >= 0.6 is 27.5 Å². The fourth-order valence-electron chi connectivity index (χ4n) is 3.80. The normalized spacial score (nSPS) is 15.6. The van der Waals surface area contributed by atoms with Crippen molar-refractivity contribution in [3.05, 3.63) is 109 Å². The van der Waals surface area contributed by atoms with Gasteiger partial charge in [0.25, 0.3) is 5.91 Å². The highest BCUT2D eigenvalue weighted by Gasteiger charge is 2.43. The van der Waals surface area contributed by atoms with Crippen molar-refractivity contribution in [2.24, 2.45) is 0 Å². The first-order valence-corrected chi connectivity index (χ1v) is 10.2. The maximum Gasteiger partial charge on any atom is 0.295 e. The molecule has 1 aliphatic heterocycles. The number of rotatable bonds is 2. The SMILES string of the molecule is O=C1c2oc3ccc(F)cc3c(=O)c2C(c2ccc(Br)cc2)N1c1cccc(Cl)c1. The van der Waals surface area contributed by atoms with Gasteiger partial charge in [0.05, 0.1) is 17.0 Å². The van der Waals surface area contributed by atoms with Crippen LogP contribution in [0, 0.1) is 5.82 Å². The summed E-state index contributed by atoms with van der Waals surface area (Å²) >= 11 is 9.56. The minimum atomic E-state index is -0.733. The Balaban J connectivity index is 1.83. The van der Waals surface area contributed by atoms with Gasteiger partial charge >= 0.3 is 0 Å². The molecule has 1 unspecified atom stereocenters. The molecule has 1 amide bonds. The molecule has 4 nitrogen and oxygen atoms in total. The first-order valence-electron chi connectivity index (χ1n) is 9.05. The minimum absolute atomic E-state index is 0.0491. The van der Waals surface area contributed by atoms with E-state index in [1.807, 2.05) is 24.3 Å². The summed E-state index contributed by atoms with van der Waals surface area (Å²) in [7, 11) is 0. The molecule has 1 aliphatic rings. The summed E-state index contributed by atoms with van der Waals surface area (Å²) in [5.41, 5.74) is 1.16. The molecule has 0 aliphatic carbocycles. The van der Waals surface area contributed by atoms with Crippen LogP contribution in [0.1, 0.15) is 27.7 Å².